The van der Waals surface area contributed by atoms with Crippen molar-refractivity contribution >= 4 is 0 Å². The topological polar surface area (TPSA) is 39.7 Å². The molecule has 0 radical (unpaired) electrons. The standard InChI is InChI=1S/C16H27NO3/c1-12(2)9-17-10-14-6-7-15(19-5)8-16(14)20-11-13(3)18-4/h6-8,12-13,17H,9-11H2,1-5H3. The van der Waals surface area contributed by atoms with Gasteiger partial charge in [0.1, 0.15) is 18.1 Å². The second-order valence-corrected chi connectivity index (χ2v) is 5.36. The van der Waals surface area contributed by atoms with Crippen LogP contribution in [0, 0.1) is 5.92 Å². The van der Waals surface area contributed by atoms with Gasteiger partial charge in [-0.3, -0.25) is 0 Å². The summed E-state index contributed by atoms with van der Waals surface area (Å²) in [4.78, 5) is 0. The average Bonchev–Trinajstić information content (AvgIpc) is 2.45. The van der Waals surface area contributed by atoms with Gasteiger partial charge in [0, 0.05) is 25.3 Å². The van der Waals surface area contributed by atoms with E-state index in [9.17, 15) is 0 Å². The van der Waals surface area contributed by atoms with E-state index in [4.69, 9.17) is 14.2 Å². The Bertz CT molecular complexity index is 393. The SMILES string of the molecule is COc1ccc(CNCC(C)C)c(OCC(C)OC)c1. The number of rotatable bonds is 9. The molecule has 0 aromatic heterocycles. The predicted molar refractivity (Wildman–Crippen MR) is 81.5 cm³/mol. The Hall–Kier alpha value is -1.26. The Balaban J connectivity index is 2.70. The number of hydrogen-bond acceptors (Lipinski definition) is 4. The molecule has 0 heterocycles. The van der Waals surface area contributed by atoms with Crippen molar-refractivity contribution in [3.63, 3.8) is 0 Å². The van der Waals surface area contributed by atoms with Crippen molar-refractivity contribution in [3.8, 4) is 11.5 Å². The summed E-state index contributed by atoms with van der Waals surface area (Å²) in [5.74, 6) is 2.29. The molecule has 0 aliphatic heterocycles. The Kier molecular flexibility index (Phi) is 7.41. The van der Waals surface area contributed by atoms with Crippen LogP contribution >= 0.6 is 0 Å². The maximum Gasteiger partial charge on any atom is 0.127 e. The van der Waals surface area contributed by atoms with Crippen LogP contribution in [0.1, 0.15) is 26.3 Å². The van der Waals surface area contributed by atoms with E-state index in [-0.39, 0.29) is 6.10 Å². The van der Waals surface area contributed by atoms with E-state index < -0.39 is 0 Å². The van der Waals surface area contributed by atoms with Crippen LogP contribution < -0.4 is 14.8 Å². The van der Waals surface area contributed by atoms with Crippen LogP contribution in [0.5, 0.6) is 11.5 Å². The second-order valence-electron chi connectivity index (χ2n) is 5.36. The van der Waals surface area contributed by atoms with Gasteiger partial charge in [-0.1, -0.05) is 19.9 Å². The molecule has 1 aromatic rings. The van der Waals surface area contributed by atoms with E-state index in [0.29, 0.717) is 12.5 Å². The first-order chi connectivity index (χ1) is 9.56. The molecule has 1 rings (SSSR count). The number of hydrogen-bond donors (Lipinski definition) is 1. The molecule has 0 saturated heterocycles. The van der Waals surface area contributed by atoms with Crippen LogP contribution in [0.15, 0.2) is 18.2 Å². The van der Waals surface area contributed by atoms with Gasteiger partial charge >= 0.3 is 0 Å². The molecule has 0 aliphatic rings. The molecular weight excluding hydrogens is 254 g/mol. The second kappa shape index (κ2) is 8.82. The maximum absolute atomic E-state index is 5.84. The summed E-state index contributed by atoms with van der Waals surface area (Å²) in [6, 6.07) is 5.92. The van der Waals surface area contributed by atoms with Gasteiger partial charge in [-0.2, -0.15) is 0 Å². The highest BCUT2D eigenvalue weighted by Crippen LogP contribution is 2.25. The van der Waals surface area contributed by atoms with Crippen molar-refractivity contribution < 1.29 is 14.2 Å². The van der Waals surface area contributed by atoms with Crippen molar-refractivity contribution in [1.29, 1.82) is 0 Å². The Morgan fingerprint density at radius 2 is 1.90 bits per heavy atom. The van der Waals surface area contributed by atoms with Gasteiger partial charge < -0.3 is 19.5 Å². The zero-order valence-electron chi connectivity index (χ0n) is 13.2. The lowest BCUT2D eigenvalue weighted by molar-refractivity contribution is 0.0712. The van der Waals surface area contributed by atoms with Crippen molar-refractivity contribution in [2.45, 2.75) is 33.4 Å². The summed E-state index contributed by atoms with van der Waals surface area (Å²) in [5.41, 5.74) is 1.13. The molecule has 1 atom stereocenters. The van der Waals surface area contributed by atoms with E-state index in [2.05, 4.69) is 19.2 Å². The minimum Gasteiger partial charge on any atom is -0.497 e. The van der Waals surface area contributed by atoms with Crippen molar-refractivity contribution in [2.24, 2.45) is 5.92 Å². The van der Waals surface area contributed by atoms with E-state index in [1.165, 1.54) is 0 Å². The van der Waals surface area contributed by atoms with Gasteiger partial charge in [0.2, 0.25) is 0 Å². The number of benzene rings is 1. The molecule has 0 saturated carbocycles. The van der Waals surface area contributed by atoms with E-state index >= 15 is 0 Å². The highest BCUT2D eigenvalue weighted by atomic mass is 16.5. The zero-order valence-corrected chi connectivity index (χ0v) is 13.2. The third kappa shape index (κ3) is 5.80. The van der Waals surface area contributed by atoms with Crippen LogP contribution in [0.25, 0.3) is 0 Å². The van der Waals surface area contributed by atoms with Crippen LogP contribution in [0.4, 0.5) is 0 Å². The summed E-state index contributed by atoms with van der Waals surface area (Å²) in [7, 11) is 3.35. The average molecular weight is 281 g/mol. The molecular formula is C16H27NO3. The fourth-order valence-corrected chi connectivity index (χ4v) is 1.71. The summed E-state index contributed by atoms with van der Waals surface area (Å²) in [5, 5.41) is 3.43. The quantitative estimate of drug-likeness (QED) is 0.755. The maximum atomic E-state index is 5.84. The van der Waals surface area contributed by atoms with Crippen LogP contribution in [0.3, 0.4) is 0 Å². The minimum absolute atomic E-state index is 0.0673. The smallest absolute Gasteiger partial charge is 0.127 e. The predicted octanol–water partition coefficient (Wildman–Crippen LogP) is 2.85. The lowest BCUT2D eigenvalue weighted by Gasteiger charge is -2.16. The first-order valence-electron chi connectivity index (χ1n) is 7.10. The molecule has 114 valence electrons. The molecule has 0 amide bonds. The van der Waals surface area contributed by atoms with Gasteiger partial charge in [-0.15, -0.1) is 0 Å². The fraction of sp³-hybridized carbons (Fsp3) is 0.625. The molecule has 0 aliphatic carbocycles. The molecule has 0 fully saturated rings. The monoisotopic (exact) mass is 281 g/mol. The van der Waals surface area contributed by atoms with E-state index in [0.717, 1.165) is 30.2 Å². The van der Waals surface area contributed by atoms with Crippen LogP contribution in [-0.4, -0.2) is 33.5 Å². The molecule has 1 N–H and O–H groups in total. The normalized spacial score (nSPS) is 12.5. The first kappa shape index (κ1) is 16.8. The number of nitrogens with one attached hydrogen (secondary N) is 1. The largest absolute Gasteiger partial charge is 0.497 e. The molecule has 0 bridgehead atoms. The van der Waals surface area contributed by atoms with E-state index in [1.54, 1.807) is 14.2 Å². The van der Waals surface area contributed by atoms with Crippen molar-refractivity contribution in [1.82, 2.24) is 5.32 Å². The summed E-state index contributed by atoms with van der Waals surface area (Å²) < 4.78 is 16.3. The number of ether oxygens (including phenoxy) is 3. The van der Waals surface area contributed by atoms with Gasteiger partial charge in [0.15, 0.2) is 0 Å². The molecule has 1 aromatic carbocycles. The summed E-state index contributed by atoms with van der Waals surface area (Å²) >= 11 is 0. The highest BCUT2D eigenvalue weighted by Gasteiger charge is 2.08. The van der Waals surface area contributed by atoms with Crippen molar-refractivity contribution in [3.05, 3.63) is 23.8 Å². The summed E-state index contributed by atoms with van der Waals surface area (Å²) in [6.45, 7) is 8.67. The molecule has 1 unspecified atom stereocenters. The van der Waals surface area contributed by atoms with Crippen LogP contribution in [-0.2, 0) is 11.3 Å². The first-order valence-corrected chi connectivity index (χ1v) is 7.10. The zero-order chi connectivity index (χ0) is 15.0. The van der Waals surface area contributed by atoms with Gasteiger partial charge in [0.05, 0.1) is 13.2 Å². The third-order valence-electron chi connectivity index (χ3n) is 3.02. The van der Waals surface area contributed by atoms with Gasteiger partial charge in [0.25, 0.3) is 0 Å². The van der Waals surface area contributed by atoms with E-state index in [1.807, 2.05) is 25.1 Å². The Labute approximate surface area is 122 Å². The highest BCUT2D eigenvalue weighted by molar-refractivity contribution is 5.40. The molecule has 20 heavy (non-hydrogen) atoms. The van der Waals surface area contributed by atoms with Gasteiger partial charge in [-0.05, 0) is 25.5 Å². The number of methoxy groups -OCH3 is 2. The third-order valence-corrected chi connectivity index (χ3v) is 3.02. The molecule has 4 nitrogen and oxygen atoms in total. The minimum atomic E-state index is 0.0673. The molecule has 0 spiro atoms. The lowest BCUT2D eigenvalue weighted by atomic mass is 10.1. The Morgan fingerprint density at radius 3 is 2.50 bits per heavy atom. The van der Waals surface area contributed by atoms with Crippen LogP contribution in [0.2, 0.25) is 0 Å². The Morgan fingerprint density at radius 1 is 1.15 bits per heavy atom. The van der Waals surface area contributed by atoms with Crippen molar-refractivity contribution in [2.75, 3.05) is 27.4 Å². The molecule has 4 heteroatoms. The summed E-state index contributed by atoms with van der Waals surface area (Å²) in [6.07, 6.45) is 0.0673. The van der Waals surface area contributed by atoms with Gasteiger partial charge in [-0.25, -0.2) is 0 Å². The lowest BCUT2D eigenvalue weighted by Crippen LogP contribution is -2.20. The fourth-order valence-electron chi connectivity index (χ4n) is 1.71.